The van der Waals surface area contributed by atoms with Crippen LogP contribution in [0.3, 0.4) is 0 Å². The number of allylic oxidation sites excluding steroid dienone is 2. The van der Waals surface area contributed by atoms with Crippen LogP contribution in [0.2, 0.25) is 0 Å². The molecule has 4 heteroatoms. The van der Waals surface area contributed by atoms with Gasteiger partial charge in [-0.15, -0.1) is 0 Å². The van der Waals surface area contributed by atoms with Crippen LogP contribution in [0.25, 0.3) is 0 Å². The zero-order valence-electron chi connectivity index (χ0n) is 12.7. The number of nitrogens with zero attached hydrogens (tertiary/aromatic N) is 2. The molecule has 4 nitrogen and oxygen atoms in total. The Bertz CT molecular complexity index is 475. The second kappa shape index (κ2) is 6.25. The van der Waals surface area contributed by atoms with Gasteiger partial charge in [0.05, 0.1) is 6.54 Å². The van der Waals surface area contributed by atoms with E-state index in [4.69, 9.17) is 4.52 Å². The van der Waals surface area contributed by atoms with E-state index in [9.17, 15) is 4.79 Å². The van der Waals surface area contributed by atoms with Crippen LogP contribution in [-0.2, 0) is 11.3 Å². The van der Waals surface area contributed by atoms with Crippen LogP contribution < -0.4 is 0 Å². The van der Waals surface area contributed by atoms with E-state index in [1.165, 1.54) is 5.57 Å². The Morgan fingerprint density at radius 3 is 3.00 bits per heavy atom. The minimum Gasteiger partial charge on any atom is -0.364 e. The second-order valence-corrected chi connectivity index (χ2v) is 6.37. The molecule has 0 saturated carbocycles. The smallest absolute Gasteiger partial charge is 0.222 e. The maximum atomic E-state index is 12.0. The van der Waals surface area contributed by atoms with Gasteiger partial charge in [0.1, 0.15) is 12.0 Å². The average Bonchev–Trinajstić information content (AvgIpc) is 2.86. The van der Waals surface area contributed by atoms with Crippen molar-refractivity contribution in [3.63, 3.8) is 0 Å². The van der Waals surface area contributed by atoms with Gasteiger partial charge in [-0.2, -0.15) is 0 Å². The molecule has 1 aliphatic rings. The normalized spacial score (nSPS) is 22.9. The van der Waals surface area contributed by atoms with Gasteiger partial charge >= 0.3 is 0 Å². The zero-order valence-corrected chi connectivity index (χ0v) is 12.7. The van der Waals surface area contributed by atoms with E-state index in [0.717, 1.165) is 31.5 Å². The van der Waals surface area contributed by atoms with Gasteiger partial charge in [-0.1, -0.05) is 23.7 Å². The molecule has 0 aliphatic carbocycles. The van der Waals surface area contributed by atoms with Gasteiger partial charge in [-0.3, -0.25) is 4.79 Å². The Labute approximate surface area is 120 Å². The molecule has 110 valence electrons. The largest absolute Gasteiger partial charge is 0.364 e. The molecule has 2 rings (SSSR count). The van der Waals surface area contributed by atoms with Crippen molar-refractivity contribution in [2.24, 2.45) is 5.41 Å². The summed E-state index contributed by atoms with van der Waals surface area (Å²) in [6.07, 6.45) is 7.67. The van der Waals surface area contributed by atoms with Gasteiger partial charge < -0.3 is 9.42 Å². The highest BCUT2D eigenvalue weighted by Gasteiger charge is 2.34. The van der Waals surface area contributed by atoms with E-state index in [-0.39, 0.29) is 11.3 Å². The highest BCUT2D eigenvalue weighted by Crippen LogP contribution is 2.35. The average molecular weight is 276 g/mol. The number of amides is 1. The summed E-state index contributed by atoms with van der Waals surface area (Å²) in [6, 6.07) is 1.82. The first-order valence-electron chi connectivity index (χ1n) is 7.29. The van der Waals surface area contributed by atoms with Crippen molar-refractivity contribution in [3.8, 4) is 0 Å². The molecule has 1 fully saturated rings. The van der Waals surface area contributed by atoms with Gasteiger partial charge in [0.2, 0.25) is 5.91 Å². The van der Waals surface area contributed by atoms with Crippen LogP contribution in [0, 0.1) is 5.41 Å². The predicted octanol–water partition coefficient (Wildman–Crippen LogP) is 3.55. The minimum atomic E-state index is 0.212. The molecular formula is C16H24N2O2. The lowest BCUT2D eigenvalue weighted by Gasteiger charge is -2.40. The summed E-state index contributed by atoms with van der Waals surface area (Å²) in [5, 5.41) is 3.90. The number of carbonyl (C=O) groups is 1. The predicted molar refractivity (Wildman–Crippen MR) is 77.9 cm³/mol. The Hall–Kier alpha value is -1.58. The number of hydrogen-bond donors (Lipinski definition) is 0. The topological polar surface area (TPSA) is 46.3 Å². The quantitative estimate of drug-likeness (QED) is 0.773. The lowest BCUT2D eigenvalue weighted by atomic mass is 9.77. The summed E-state index contributed by atoms with van der Waals surface area (Å²) in [6.45, 7) is 7.92. The van der Waals surface area contributed by atoms with Crippen molar-refractivity contribution in [3.05, 3.63) is 29.7 Å². The minimum absolute atomic E-state index is 0.212. The van der Waals surface area contributed by atoms with E-state index in [0.29, 0.717) is 13.0 Å². The Balaban J connectivity index is 1.95. The molecule has 0 aromatic carbocycles. The molecule has 1 aromatic heterocycles. The summed E-state index contributed by atoms with van der Waals surface area (Å²) in [5.41, 5.74) is 2.40. The summed E-state index contributed by atoms with van der Waals surface area (Å²) in [5.74, 6) is 0.229. The number of carbonyl (C=O) groups excluding carboxylic acids is 1. The van der Waals surface area contributed by atoms with Crippen molar-refractivity contribution in [2.75, 3.05) is 6.54 Å². The fourth-order valence-electron chi connectivity index (χ4n) is 2.77. The lowest BCUT2D eigenvalue weighted by molar-refractivity contribution is -0.138. The van der Waals surface area contributed by atoms with Crippen LogP contribution in [0.1, 0.15) is 52.1 Å². The standard InChI is InChI=1S/C16H24N2O2/c1-13(2)5-4-8-16(3)9-6-15(19)18(12-16)11-14-7-10-20-17-14/h5,7,10H,4,6,8-9,11-12H2,1-3H3. The van der Waals surface area contributed by atoms with Crippen molar-refractivity contribution in [1.29, 1.82) is 0 Å². The van der Waals surface area contributed by atoms with Crippen LogP contribution in [0.15, 0.2) is 28.5 Å². The van der Waals surface area contributed by atoms with Crippen LogP contribution in [0.4, 0.5) is 0 Å². The molecule has 1 unspecified atom stereocenters. The van der Waals surface area contributed by atoms with Gasteiger partial charge in [-0.25, -0.2) is 0 Å². The number of piperidine rings is 1. The molecule has 2 heterocycles. The summed E-state index contributed by atoms with van der Waals surface area (Å²) >= 11 is 0. The molecule has 1 aliphatic heterocycles. The molecule has 1 saturated heterocycles. The Kier molecular flexibility index (Phi) is 4.63. The monoisotopic (exact) mass is 276 g/mol. The summed E-state index contributed by atoms with van der Waals surface area (Å²) in [7, 11) is 0. The Morgan fingerprint density at radius 1 is 1.55 bits per heavy atom. The molecule has 1 aromatic rings. The fraction of sp³-hybridized carbons (Fsp3) is 0.625. The maximum absolute atomic E-state index is 12.0. The first-order valence-corrected chi connectivity index (χ1v) is 7.29. The molecule has 1 atom stereocenters. The fourth-order valence-corrected chi connectivity index (χ4v) is 2.77. The van der Waals surface area contributed by atoms with Crippen molar-refractivity contribution in [1.82, 2.24) is 10.1 Å². The molecule has 0 radical (unpaired) electrons. The molecule has 20 heavy (non-hydrogen) atoms. The Morgan fingerprint density at radius 2 is 2.35 bits per heavy atom. The number of hydrogen-bond acceptors (Lipinski definition) is 3. The zero-order chi connectivity index (χ0) is 14.6. The third-order valence-corrected chi connectivity index (χ3v) is 4.01. The molecule has 0 spiro atoms. The van der Waals surface area contributed by atoms with Crippen molar-refractivity contribution >= 4 is 5.91 Å². The SMILES string of the molecule is CC(C)=CCCC1(C)CCC(=O)N(Cc2ccon2)C1. The van der Waals surface area contributed by atoms with Crippen LogP contribution in [-0.4, -0.2) is 22.5 Å². The van der Waals surface area contributed by atoms with Crippen molar-refractivity contribution < 1.29 is 9.32 Å². The summed E-state index contributed by atoms with van der Waals surface area (Å²) < 4.78 is 4.84. The van der Waals surface area contributed by atoms with E-state index in [2.05, 4.69) is 32.0 Å². The lowest BCUT2D eigenvalue weighted by Crippen LogP contribution is -2.44. The second-order valence-electron chi connectivity index (χ2n) is 6.37. The third kappa shape index (κ3) is 3.95. The van der Waals surface area contributed by atoms with Gasteiger partial charge in [0.25, 0.3) is 0 Å². The summed E-state index contributed by atoms with van der Waals surface area (Å²) in [4.78, 5) is 14.0. The third-order valence-electron chi connectivity index (χ3n) is 4.01. The van der Waals surface area contributed by atoms with Crippen LogP contribution >= 0.6 is 0 Å². The number of aromatic nitrogens is 1. The first kappa shape index (κ1) is 14.8. The van der Waals surface area contributed by atoms with Gasteiger partial charge in [0, 0.05) is 19.0 Å². The van der Waals surface area contributed by atoms with E-state index in [1.54, 1.807) is 6.26 Å². The number of rotatable bonds is 5. The van der Waals surface area contributed by atoms with E-state index < -0.39 is 0 Å². The van der Waals surface area contributed by atoms with Crippen LogP contribution in [0.5, 0.6) is 0 Å². The van der Waals surface area contributed by atoms with Gasteiger partial charge in [0.15, 0.2) is 0 Å². The van der Waals surface area contributed by atoms with E-state index in [1.807, 2.05) is 11.0 Å². The number of likely N-dealkylation sites (tertiary alicyclic amines) is 1. The molecule has 0 bridgehead atoms. The molecule has 0 N–H and O–H groups in total. The molecular weight excluding hydrogens is 252 g/mol. The highest BCUT2D eigenvalue weighted by atomic mass is 16.5. The van der Waals surface area contributed by atoms with Crippen molar-refractivity contribution in [2.45, 2.75) is 53.0 Å². The first-order chi connectivity index (χ1) is 9.48. The van der Waals surface area contributed by atoms with Gasteiger partial charge in [-0.05, 0) is 38.5 Å². The molecule has 1 amide bonds. The van der Waals surface area contributed by atoms with E-state index >= 15 is 0 Å². The maximum Gasteiger partial charge on any atom is 0.222 e. The highest BCUT2D eigenvalue weighted by molar-refractivity contribution is 5.77.